The Morgan fingerprint density at radius 2 is 2.18 bits per heavy atom. The van der Waals surface area contributed by atoms with Gasteiger partial charge in [0.15, 0.2) is 0 Å². The molecular weight excluding hydrogens is 250 g/mol. The average molecular weight is 261 g/mol. The number of benzene rings is 1. The highest BCUT2D eigenvalue weighted by Crippen LogP contribution is 2.32. The molecule has 86 valence electrons. The summed E-state index contributed by atoms with van der Waals surface area (Å²) < 4.78 is 5.52. The Hall–Kier alpha value is -1.26. The molecule has 2 heterocycles. The van der Waals surface area contributed by atoms with Crippen molar-refractivity contribution in [3.63, 3.8) is 0 Å². The van der Waals surface area contributed by atoms with Crippen molar-refractivity contribution in [3.8, 4) is 10.6 Å². The summed E-state index contributed by atoms with van der Waals surface area (Å²) in [6, 6.07) is 8.03. The Labute approximate surface area is 109 Å². The predicted octanol–water partition coefficient (Wildman–Crippen LogP) is 4.03. The summed E-state index contributed by atoms with van der Waals surface area (Å²) in [5, 5.41) is 4.24. The summed E-state index contributed by atoms with van der Waals surface area (Å²) in [7, 11) is 0. The van der Waals surface area contributed by atoms with E-state index in [4.69, 9.17) is 4.42 Å². The number of para-hydroxylation sites is 1. The first-order valence-electron chi connectivity index (χ1n) is 5.40. The van der Waals surface area contributed by atoms with Crippen molar-refractivity contribution in [3.05, 3.63) is 41.6 Å². The van der Waals surface area contributed by atoms with Crippen LogP contribution in [0.4, 0.5) is 0 Å². The van der Waals surface area contributed by atoms with Crippen molar-refractivity contribution in [1.82, 2.24) is 4.98 Å². The smallest absolute Gasteiger partial charge is 0.134 e. The molecule has 0 spiro atoms. The zero-order valence-electron chi connectivity index (χ0n) is 9.09. The lowest BCUT2D eigenvalue weighted by molar-refractivity contribution is 0.617. The summed E-state index contributed by atoms with van der Waals surface area (Å²) in [5.74, 6) is 0.829. The fraction of sp³-hybridized carbons (Fsp3) is 0.154. The van der Waals surface area contributed by atoms with Gasteiger partial charge in [0.1, 0.15) is 16.9 Å². The molecule has 0 saturated carbocycles. The summed E-state index contributed by atoms with van der Waals surface area (Å²) in [5.41, 5.74) is 3.09. The monoisotopic (exact) mass is 261 g/mol. The number of fused-ring (bicyclic) bond motifs is 1. The molecule has 0 N–H and O–H groups in total. The summed E-state index contributed by atoms with van der Waals surface area (Å²) in [4.78, 5) is 4.60. The molecule has 17 heavy (non-hydrogen) atoms. The van der Waals surface area contributed by atoms with Crippen molar-refractivity contribution >= 4 is 34.9 Å². The third-order valence-electron chi connectivity index (χ3n) is 2.63. The number of aryl methyl sites for hydroxylation is 1. The van der Waals surface area contributed by atoms with E-state index in [9.17, 15) is 0 Å². The van der Waals surface area contributed by atoms with Gasteiger partial charge in [-0.15, -0.1) is 11.3 Å². The molecule has 0 fully saturated rings. The normalized spacial score (nSPS) is 11.1. The first kappa shape index (κ1) is 10.9. The lowest BCUT2D eigenvalue weighted by Gasteiger charge is -1.92. The van der Waals surface area contributed by atoms with Gasteiger partial charge in [0.25, 0.3) is 0 Å². The molecule has 3 aromatic rings. The molecular formula is C13H11NOS2. The van der Waals surface area contributed by atoms with Crippen molar-refractivity contribution in [2.45, 2.75) is 6.42 Å². The Morgan fingerprint density at radius 1 is 1.29 bits per heavy atom. The number of nitrogens with zero attached hydrogens (tertiary/aromatic N) is 1. The molecule has 0 saturated heterocycles. The van der Waals surface area contributed by atoms with Crippen LogP contribution < -0.4 is 0 Å². The minimum Gasteiger partial charge on any atom is -0.464 e. The first-order chi connectivity index (χ1) is 8.38. The van der Waals surface area contributed by atoms with Crippen LogP contribution in [0.15, 0.2) is 40.3 Å². The molecule has 0 aliphatic carbocycles. The molecule has 0 amide bonds. The fourth-order valence-electron chi connectivity index (χ4n) is 1.80. The fourth-order valence-corrected chi connectivity index (χ4v) is 2.91. The molecule has 0 aliphatic heterocycles. The summed E-state index contributed by atoms with van der Waals surface area (Å²) in [6.45, 7) is 0. The zero-order chi connectivity index (χ0) is 11.7. The summed E-state index contributed by atoms with van der Waals surface area (Å²) in [6.07, 6.45) is 2.70. The zero-order valence-corrected chi connectivity index (χ0v) is 10.8. The van der Waals surface area contributed by atoms with Gasteiger partial charge in [-0.2, -0.15) is 12.6 Å². The number of hydrogen-bond donors (Lipinski definition) is 1. The lowest BCUT2D eigenvalue weighted by atomic mass is 10.2. The van der Waals surface area contributed by atoms with Crippen LogP contribution in [-0.2, 0) is 6.42 Å². The molecule has 0 aliphatic rings. The van der Waals surface area contributed by atoms with Gasteiger partial charge in [-0.25, -0.2) is 4.98 Å². The van der Waals surface area contributed by atoms with Crippen LogP contribution in [0.3, 0.4) is 0 Å². The molecule has 0 atom stereocenters. The highest BCUT2D eigenvalue weighted by atomic mass is 32.1. The molecule has 4 heteroatoms. The van der Waals surface area contributed by atoms with Crippen LogP contribution in [0.25, 0.3) is 21.5 Å². The van der Waals surface area contributed by atoms with Crippen LogP contribution in [-0.4, -0.2) is 10.7 Å². The molecule has 2 aromatic heterocycles. The second kappa shape index (κ2) is 4.55. The van der Waals surface area contributed by atoms with Crippen LogP contribution in [0.2, 0.25) is 0 Å². The summed E-state index contributed by atoms with van der Waals surface area (Å²) >= 11 is 5.88. The maximum Gasteiger partial charge on any atom is 0.134 e. The Balaban J connectivity index is 2.07. The maximum atomic E-state index is 5.52. The Kier molecular flexibility index (Phi) is 2.91. The van der Waals surface area contributed by atoms with Crippen LogP contribution in [0, 0.1) is 0 Å². The third kappa shape index (κ3) is 1.98. The second-order valence-electron chi connectivity index (χ2n) is 3.76. The van der Waals surface area contributed by atoms with Gasteiger partial charge in [0.05, 0.1) is 11.3 Å². The van der Waals surface area contributed by atoms with Gasteiger partial charge in [-0.05, 0) is 18.2 Å². The molecule has 1 aromatic carbocycles. The van der Waals surface area contributed by atoms with Gasteiger partial charge in [-0.1, -0.05) is 18.2 Å². The number of rotatable bonds is 3. The number of thiol groups is 1. The van der Waals surface area contributed by atoms with Crippen LogP contribution in [0.5, 0.6) is 0 Å². The number of hydrogen-bond acceptors (Lipinski definition) is 4. The van der Waals surface area contributed by atoms with Gasteiger partial charge in [-0.3, -0.25) is 0 Å². The van der Waals surface area contributed by atoms with Crippen LogP contribution >= 0.6 is 24.0 Å². The van der Waals surface area contributed by atoms with E-state index in [1.54, 1.807) is 17.6 Å². The van der Waals surface area contributed by atoms with Gasteiger partial charge < -0.3 is 4.42 Å². The lowest BCUT2D eigenvalue weighted by Crippen LogP contribution is -1.85. The van der Waals surface area contributed by atoms with Crippen molar-refractivity contribution in [1.29, 1.82) is 0 Å². The molecule has 0 unspecified atom stereocenters. The largest absolute Gasteiger partial charge is 0.464 e. The Morgan fingerprint density at radius 3 is 3.06 bits per heavy atom. The maximum absolute atomic E-state index is 5.52. The second-order valence-corrected chi connectivity index (χ2v) is 5.07. The van der Waals surface area contributed by atoms with E-state index < -0.39 is 0 Å². The third-order valence-corrected chi connectivity index (χ3v) is 3.78. The van der Waals surface area contributed by atoms with Gasteiger partial charge in [0.2, 0.25) is 0 Å². The van der Waals surface area contributed by atoms with E-state index >= 15 is 0 Å². The SMILES string of the molecule is SCCc1csc(-c2coc3ccccc23)n1. The van der Waals surface area contributed by atoms with E-state index in [0.717, 1.165) is 39.4 Å². The van der Waals surface area contributed by atoms with E-state index in [-0.39, 0.29) is 0 Å². The topological polar surface area (TPSA) is 26.0 Å². The van der Waals surface area contributed by atoms with Crippen molar-refractivity contribution in [2.75, 3.05) is 5.75 Å². The average Bonchev–Trinajstić information content (AvgIpc) is 2.95. The minimum absolute atomic E-state index is 0.829. The number of furan rings is 1. The van der Waals surface area contributed by atoms with Crippen molar-refractivity contribution in [2.24, 2.45) is 0 Å². The molecule has 0 bridgehead atoms. The molecule has 3 rings (SSSR count). The standard InChI is InChI=1S/C13H11NOS2/c16-6-5-9-8-17-13(14-9)11-7-15-12-4-2-1-3-10(11)12/h1-4,7-8,16H,5-6H2. The van der Waals surface area contributed by atoms with Gasteiger partial charge in [0, 0.05) is 10.8 Å². The van der Waals surface area contributed by atoms with E-state index in [2.05, 4.69) is 29.1 Å². The van der Waals surface area contributed by atoms with E-state index in [1.807, 2.05) is 18.2 Å². The first-order valence-corrected chi connectivity index (χ1v) is 6.91. The van der Waals surface area contributed by atoms with Gasteiger partial charge >= 0.3 is 0 Å². The Bertz CT molecular complexity index is 641. The minimum atomic E-state index is 0.829. The quantitative estimate of drug-likeness (QED) is 0.720. The molecule has 0 radical (unpaired) electrons. The number of aromatic nitrogens is 1. The van der Waals surface area contributed by atoms with E-state index in [1.165, 1.54) is 0 Å². The van der Waals surface area contributed by atoms with E-state index in [0.29, 0.717) is 0 Å². The number of thiazole rings is 1. The predicted molar refractivity (Wildman–Crippen MR) is 74.9 cm³/mol. The highest BCUT2D eigenvalue weighted by molar-refractivity contribution is 7.80. The van der Waals surface area contributed by atoms with Crippen LogP contribution in [0.1, 0.15) is 5.69 Å². The van der Waals surface area contributed by atoms with Crippen molar-refractivity contribution < 1.29 is 4.42 Å². The highest BCUT2D eigenvalue weighted by Gasteiger charge is 2.10. The molecule has 2 nitrogen and oxygen atoms in total.